The Hall–Kier alpha value is -2.70. The van der Waals surface area contributed by atoms with Gasteiger partial charge in [0.2, 0.25) is 0 Å². The molecular formula is C30H39N3O3. The molecular weight excluding hydrogens is 450 g/mol. The highest BCUT2D eigenvalue weighted by molar-refractivity contribution is 6.04. The number of carbonyl (C=O) groups is 2. The average Bonchev–Trinajstić information content (AvgIpc) is 3.37. The van der Waals surface area contributed by atoms with Crippen molar-refractivity contribution in [2.75, 3.05) is 38.2 Å². The molecule has 0 unspecified atom stereocenters. The van der Waals surface area contributed by atoms with E-state index >= 15 is 0 Å². The molecule has 0 atom stereocenters. The first-order valence-electron chi connectivity index (χ1n) is 13.3. The van der Waals surface area contributed by atoms with Crippen molar-refractivity contribution >= 4 is 17.5 Å². The molecule has 2 fully saturated rings. The van der Waals surface area contributed by atoms with Crippen LogP contribution >= 0.6 is 0 Å². The second-order valence-corrected chi connectivity index (χ2v) is 12.2. The number of rotatable bonds is 6. The van der Waals surface area contributed by atoms with Crippen molar-refractivity contribution in [3.63, 3.8) is 0 Å². The van der Waals surface area contributed by atoms with E-state index < -0.39 is 0 Å². The zero-order valence-corrected chi connectivity index (χ0v) is 22.1. The number of benzene rings is 2. The molecule has 1 aliphatic carbocycles. The number of hydrogen-bond acceptors (Lipinski definition) is 4. The lowest BCUT2D eigenvalue weighted by atomic mass is 9.63. The quantitative estimate of drug-likeness (QED) is 0.607. The number of likely N-dealkylation sites (tertiary alicyclic amines) is 1. The molecule has 2 saturated heterocycles. The van der Waals surface area contributed by atoms with E-state index in [1.165, 1.54) is 24.0 Å². The van der Waals surface area contributed by atoms with E-state index in [4.69, 9.17) is 4.74 Å². The van der Waals surface area contributed by atoms with Crippen LogP contribution in [0.4, 0.5) is 5.69 Å². The van der Waals surface area contributed by atoms with Gasteiger partial charge < -0.3 is 15.4 Å². The van der Waals surface area contributed by atoms with Crippen LogP contribution in [-0.2, 0) is 15.6 Å². The number of carbonyl (C=O) groups excluding carboxylic acids is 2. The van der Waals surface area contributed by atoms with Gasteiger partial charge in [-0.3, -0.25) is 14.5 Å². The van der Waals surface area contributed by atoms with E-state index in [9.17, 15) is 9.59 Å². The molecule has 0 radical (unpaired) electrons. The third-order valence-electron chi connectivity index (χ3n) is 8.62. The number of nitrogens with one attached hydrogen (secondary N) is 2. The minimum Gasteiger partial charge on any atom is -0.377 e. The number of anilines is 1. The molecule has 36 heavy (non-hydrogen) atoms. The van der Waals surface area contributed by atoms with E-state index in [1.54, 1.807) is 24.3 Å². The SMILES string of the molecule is CC1(C)CCC(C)(C)c2cc(C(=O)Nc3ccc(C(=O)NCC4(N5CCCC5)COC4)cc3)ccc21. The molecule has 0 aromatic heterocycles. The molecule has 0 bridgehead atoms. The van der Waals surface area contributed by atoms with E-state index in [-0.39, 0.29) is 28.2 Å². The van der Waals surface area contributed by atoms with Crippen LogP contribution in [0.15, 0.2) is 42.5 Å². The summed E-state index contributed by atoms with van der Waals surface area (Å²) in [4.78, 5) is 28.3. The lowest BCUT2D eigenvalue weighted by molar-refractivity contribution is -0.130. The summed E-state index contributed by atoms with van der Waals surface area (Å²) in [6, 6.07) is 13.2. The van der Waals surface area contributed by atoms with E-state index in [0.717, 1.165) is 25.9 Å². The Morgan fingerprint density at radius 1 is 0.833 bits per heavy atom. The second-order valence-electron chi connectivity index (χ2n) is 12.2. The van der Waals surface area contributed by atoms with Gasteiger partial charge in [-0.1, -0.05) is 33.8 Å². The Morgan fingerprint density at radius 2 is 1.44 bits per heavy atom. The fourth-order valence-electron chi connectivity index (χ4n) is 5.91. The van der Waals surface area contributed by atoms with Crippen LogP contribution in [0.5, 0.6) is 0 Å². The lowest BCUT2D eigenvalue weighted by Gasteiger charge is -2.48. The van der Waals surface area contributed by atoms with E-state index in [2.05, 4.69) is 55.4 Å². The Labute approximate surface area is 214 Å². The minimum atomic E-state index is -0.133. The first-order valence-corrected chi connectivity index (χ1v) is 13.3. The predicted octanol–water partition coefficient (Wildman–Crippen LogP) is 4.88. The molecule has 3 aliphatic rings. The topological polar surface area (TPSA) is 70.7 Å². The number of amides is 2. The monoisotopic (exact) mass is 489 g/mol. The lowest BCUT2D eigenvalue weighted by Crippen LogP contribution is -2.66. The van der Waals surface area contributed by atoms with Crippen molar-refractivity contribution in [2.45, 2.75) is 69.7 Å². The Kier molecular flexibility index (Phi) is 6.46. The molecule has 5 rings (SSSR count). The van der Waals surface area contributed by atoms with Gasteiger partial charge in [-0.25, -0.2) is 0 Å². The smallest absolute Gasteiger partial charge is 0.255 e. The first-order chi connectivity index (χ1) is 17.1. The highest BCUT2D eigenvalue weighted by atomic mass is 16.5. The predicted molar refractivity (Wildman–Crippen MR) is 143 cm³/mol. The maximum atomic E-state index is 13.1. The molecule has 2 aromatic carbocycles. The van der Waals surface area contributed by atoms with Crippen LogP contribution in [-0.4, -0.2) is 55.1 Å². The summed E-state index contributed by atoms with van der Waals surface area (Å²) in [5, 5.41) is 6.10. The van der Waals surface area contributed by atoms with Crippen LogP contribution in [0.1, 0.15) is 85.2 Å². The fraction of sp³-hybridized carbons (Fsp3) is 0.533. The third kappa shape index (κ3) is 4.69. The molecule has 0 saturated carbocycles. The molecule has 6 nitrogen and oxygen atoms in total. The second kappa shape index (κ2) is 9.31. The summed E-state index contributed by atoms with van der Waals surface area (Å²) in [7, 11) is 0. The molecule has 2 aromatic rings. The van der Waals surface area contributed by atoms with Gasteiger partial charge in [0.1, 0.15) is 0 Å². The van der Waals surface area contributed by atoms with Crippen molar-refractivity contribution in [1.29, 1.82) is 0 Å². The van der Waals surface area contributed by atoms with Crippen molar-refractivity contribution in [3.05, 3.63) is 64.7 Å². The van der Waals surface area contributed by atoms with Crippen molar-refractivity contribution in [3.8, 4) is 0 Å². The summed E-state index contributed by atoms with van der Waals surface area (Å²) in [6.07, 6.45) is 4.67. The van der Waals surface area contributed by atoms with Gasteiger partial charge >= 0.3 is 0 Å². The van der Waals surface area contributed by atoms with E-state index in [1.807, 2.05) is 6.07 Å². The molecule has 0 spiro atoms. The molecule has 192 valence electrons. The Bertz CT molecular complexity index is 1140. The van der Waals surface area contributed by atoms with Crippen LogP contribution in [0, 0.1) is 0 Å². The van der Waals surface area contributed by atoms with Gasteiger partial charge in [0, 0.05) is 23.4 Å². The largest absolute Gasteiger partial charge is 0.377 e. The summed E-state index contributed by atoms with van der Waals surface area (Å²) >= 11 is 0. The van der Waals surface area contributed by atoms with Crippen molar-refractivity contribution < 1.29 is 14.3 Å². The van der Waals surface area contributed by atoms with Gasteiger partial charge in [0.25, 0.3) is 11.8 Å². The summed E-state index contributed by atoms with van der Waals surface area (Å²) in [5.41, 5.74) is 4.64. The fourth-order valence-corrected chi connectivity index (χ4v) is 5.91. The molecule has 6 heteroatoms. The normalized spacial score (nSPS) is 21.8. The van der Waals surface area contributed by atoms with E-state index in [0.29, 0.717) is 36.6 Å². The van der Waals surface area contributed by atoms with Crippen LogP contribution in [0.3, 0.4) is 0 Å². The number of nitrogens with zero attached hydrogens (tertiary/aromatic N) is 1. The van der Waals surface area contributed by atoms with Gasteiger partial charge in [-0.2, -0.15) is 0 Å². The van der Waals surface area contributed by atoms with Gasteiger partial charge in [0.15, 0.2) is 0 Å². The van der Waals surface area contributed by atoms with Gasteiger partial charge in [0.05, 0.1) is 18.8 Å². The molecule has 2 aliphatic heterocycles. The number of ether oxygens (including phenoxy) is 1. The molecule has 2 heterocycles. The zero-order valence-electron chi connectivity index (χ0n) is 22.1. The number of hydrogen-bond donors (Lipinski definition) is 2. The average molecular weight is 490 g/mol. The van der Waals surface area contributed by atoms with Crippen molar-refractivity contribution in [1.82, 2.24) is 10.2 Å². The van der Waals surface area contributed by atoms with Crippen LogP contribution in [0.2, 0.25) is 0 Å². The molecule has 2 amide bonds. The number of fused-ring (bicyclic) bond motifs is 1. The maximum absolute atomic E-state index is 13.1. The standard InChI is InChI=1S/C30H39N3O3/c1-28(2)13-14-29(3,4)25-17-22(9-12-24(25)28)27(35)32-23-10-7-21(8-11-23)26(34)31-18-30(19-36-20-30)33-15-5-6-16-33/h7-12,17H,5-6,13-16,18-20H2,1-4H3,(H,31,34)(H,32,35). The summed E-state index contributed by atoms with van der Waals surface area (Å²) < 4.78 is 5.50. The Morgan fingerprint density at radius 3 is 2.06 bits per heavy atom. The van der Waals surface area contributed by atoms with Gasteiger partial charge in [-0.05, 0) is 97.1 Å². The first kappa shape index (κ1) is 25.0. The third-order valence-corrected chi connectivity index (χ3v) is 8.62. The van der Waals surface area contributed by atoms with Crippen LogP contribution < -0.4 is 10.6 Å². The van der Waals surface area contributed by atoms with Crippen LogP contribution in [0.25, 0.3) is 0 Å². The maximum Gasteiger partial charge on any atom is 0.255 e. The Balaban J connectivity index is 1.22. The summed E-state index contributed by atoms with van der Waals surface area (Å²) in [6.45, 7) is 13.2. The zero-order chi connectivity index (χ0) is 25.6. The van der Waals surface area contributed by atoms with Crippen molar-refractivity contribution in [2.24, 2.45) is 0 Å². The minimum absolute atomic E-state index is 0.0507. The highest BCUT2D eigenvalue weighted by Gasteiger charge is 2.45. The van der Waals surface area contributed by atoms with Gasteiger partial charge in [-0.15, -0.1) is 0 Å². The summed E-state index contributed by atoms with van der Waals surface area (Å²) in [5.74, 6) is -0.232. The highest BCUT2D eigenvalue weighted by Crippen LogP contribution is 2.46. The molecule has 2 N–H and O–H groups in total.